The highest BCUT2D eigenvalue weighted by Crippen LogP contribution is 2.95. The molecular weight excluding hydrogens is 560 g/mol. The van der Waals surface area contributed by atoms with Gasteiger partial charge in [-0.1, -0.05) is 27.0 Å². The molecule has 226 valence electrons. The summed E-state index contributed by atoms with van der Waals surface area (Å²) < 4.78 is 0. The zero-order chi connectivity index (χ0) is 30.2. The Labute approximate surface area is 268 Å². The molecule has 0 radical (unpaired) electrons. The van der Waals surface area contributed by atoms with Crippen LogP contribution in [0.5, 0.6) is 0 Å². The Morgan fingerprint density at radius 3 is 1.57 bits per heavy atom. The first-order valence-electron chi connectivity index (χ1n) is 18.1. The predicted molar refractivity (Wildman–Crippen MR) is 181 cm³/mol. The minimum absolute atomic E-state index is 0.483. The standard InChI is InChI=1S/C42H38N4/c1-17-18(2)20-10-9-19(17)31-27-14-28(32(20)31)36-35(27)41(3)33-25-13-26(34(33)42(36,41)4)24-16-30-29(15-23(24)25)45-39-21-7-5-11-43-37(21)38-22(40(39)46-30)8-6-12-44-38/h5-8,11-12,15-16,19-20,25-28,31-36H,1-2,9-10,13-14H2,3-4H3/t19-,20+,25+,26-,27-,28+,31+,32-,33+,34-,35-,36+,41+,42-. The molecule has 0 N–H and O–H groups in total. The fourth-order valence-corrected chi connectivity index (χ4v) is 16.0. The monoisotopic (exact) mass is 598 g/mol. The van der Waals surface area contributed by atoms with E-state index in [2.05, 4.69) is 51.3 Å². The van der Waals surface area contributed by atoms with Gasteiger partial charge in [0.2, 0.25) is 0 Å². The Balaban J connectivity index is 0.963. The maximum Gasteiger partial charge on any atom is 0.0996 e. The number of rotatable bonds is 0. The summed E-state index contributed by atoms with van der Waals surface area (Å²) in [5.74, 6) is 9.98. The lowest BCUT2D eigenvalue weighted by Crippen LogP contribution is -2.81. The van der Waals surface area contributed by atoms with E-state index in [0.717, 1.165) is 103 Å². The molecule has 0 amide bonds. The molecule has 46 heavy (non-hydrogen) atoms. The number of fused-ring (bicyclic) bond motifs is 27. The van der Waals surface area contributed by atoms with Crippen molar-refractivity contribution < 1.29 is 0 Å². The summed E-state index contributed by atoms with van der Waals surface area (Å²) >= 11 is 0. The molecule has 3 heterocycles. The largest absolute Gasteiger partial charge is 0.254 e. The van der Waals surface area contributed by atoms with E-state index < -0.39 is 0 Å². The van der Waals surface area contributed by atoms with Gasteiger partial charge in [-0.25, -0.2) is 9.97 Å². The normalized spacial score (nSPS) is 46.4. The molecule has 3 aromatic heterocycles. The van der Waals surface area contributed by atoms with Gasteiger partial charge in [0.15, 0.2) is 0 Å². The van der Waals surface area contributed by atoms with Gasteiger partial charge in [-0.2, -0.15) is 0 Å². The van der Waals surface area contributed by atoms with E-state index in [1.807, 2.05) is 24.5 Å². The third-order valence-corrected chi connectivity index (χ3v) is 17.0. The highest BCUT2D eigenvalue weighted by molar-refractivity contribution is 6.21. The van der Waals surface area contributed by atoms with Gasteiger partial charge in [0.1, 0.15) is 0 Å². The van der Waals surface area contributed by atoms with Gasteiger partial charge in [-0.05, 0) is 166 Å². The predicted octanol–water partition coefficient (Wildman–Crippen LogP) is 9.00. The molecule has 9 aliphatic carbocycles. The van der Waals surface area contributed by atoms with Crippen molar-refractivity contribution >= 4 is 43.9 Å². The summed E-state index contributed by atoms with van der Waals surface area (Å²) in [7, 11) is 0. The lowest BCUT2D eigenvalue weighted by Gasteiger charge is -2.85. The molecule has 6 bridgehead atoms. The van der Waals surface area contributed by atoms with Crippen molar-refractivity contribution in [1.82, 2.24) is 19.9 Å². The number of allylic oxidation sites excluding steroid dienone is 2. The average molecular weight is 599 g/mol. The zero-order valence-electron chi connectivity index (χ0n) is 26.6. The molecule has 9 aliphatic rings. The molecule has 8 fully saturated rings. The van der Waals surface area contributed by atoms with Crippen molar-refractivity contribution in [2.24, 2.45) is 70.0 Å². The van der Waals surface area contributed by atoms with Crippen LogP contribution in [0.1, 0.15) is 62.5 Å². The number of hydrogen-bond donors (Lipinski definition) is 0. The van der Waals surface area contributed by atoms with Crippen LogP contribution in [0.3, 0.4) is 0 Å². The second kappa shape index (κ2) is 7.25. The van der Waals surface area contributed by atoms with Crippen LogP contribution in [0.4, 0.5) is 0 Å². The second-order valence-corrected chi connectivity index (χ2v) is 17.4. The fourth-order valence-electron chi connectivity index (χ4n) is 16.0. The van der Waals surface area contributed by atoms with Gasteiger partial charge in [-0.15, -0.1) is 0 Å². The van der Waals surface area contributed by atoms with Gasteiger partial charge in [-0.3, -0.25) is 9.97 Å². The van der Waals surface area contributed by atoms with Crippen LogP contribution in [0.15, 0.2) is 73.1 Å². The first-order chi connectivity index (χ1) is 22.4. The summed E-state index contributed by atoms with van der Waals surface area (Å²) in [5.41, 5.74) is 12.9. The maximum atomic E-state index is 5.38. The van der Waals surface area contributed by atoms with Crippen LogP contribution in [0, 0.1) is 70.0 Å². The van der Waals surface area contributed by atoms with E-state index >= 15 is 0 Å². The van der Waals surface area contributed by atoms with Crippen LogP contribution in [-0.4, -0.2) is 19.9 Å². The van der Waals surface area contributed by atoms with Crippen molar-refractivity contribution in [2.75, 3.05) is 0 Å². The second-order valence-electron chi connectivity index (χ2n) is 17.4. The summed E-state index contributed by atoms with van der Waals surface area (Å²) in [6.07, 6.45) is 9.31. The molecule has 4 heteroatoms. The Morgan fingerprint density at radius 2 is 1.09 bits per heavy atom. The number of nitrogens with zero attached hydrogens (tertiary/aromatic N) is 4. The van der Waals surface area contributed by atoms with Gasteiger partial charge < -0.3 is 0 Å². The molecular formula is C42H38N4. The molecule has 8 saturated carbocycles. The first kappa shape index (κ1) is 24.5. The van der Waals surface area contributed by atoms with Crippen molar-refractivity contribution in [3.63, 3.8) is 0 Å². The molecule has 0 saturated heterocycles. The van der Waals surface area contributed by atoms with E-state index in [9.17, 15) is 0 Å². The molecule has 0 aliphatic heterocycles. The van der Waals surface area contributed by atoms with Crippen molar-refractivity contribution in [3.8, 4) is 0 Å². The fraction of sp³-hybridized carbons (Fsp3) is 0.476. The minimum atomic E-state index is 0.483. The summed E-state index contributed by atoms with van der Waals surface area (Å²) in [6.45, 7) is 14.8. The Morgan fingerprint density at radius 1 is 0.609 bits per heavy atom. The quantitative estimate of drug-likeness (QED) is 0.101. The molecule has 4 nitrogen and oxygen atoms in total. The van der Waals surface area contributed by atoms with Crippen LogP contribution < -0.4 is 0 Å². The highest BCUT2D eigenvalue weighted by Gasteiger charge is 2.90. The topological polar surface area (TPSA) is 51.6 Å². The van der Waals surface area contributed by atoms with Crippen LogP contribution >= 0.6 is 0 Å². The van der Waals surface area contributed by atoms with Gasteiger partial charge in [0, 0.05) is 23.2 Å². The van der Waals surface area contributed by atoms with E-state index in [0.29, 0.717) is 22.7 Å². The smallest absolute Gasteiger partial charge is 0.0996 e. The number of aromatic nitrogens is 4. The minimum Gasteiger partial charge on any atom is -0.254 e. The van der Waals surface area contributed by atoms with Gasteiger partial charge in [0.05, 0.1) is 33.1 Å². The average Bonchev–Trinajstić information content (AvgIpc) is 3.85. The summed E-state index contributed by atoms with van der Waals surface area (Å²) in [5, 5.41) is 2.08. The summed E-state index contributed by atoms with van der Waals surface area (Å²) in [6, 6.07) is 13.2. The first-order valence-corrected chi connectivity index (χ1v) is 18.1. The molecule has 0 spiro atoms. The lowest BCUT2D eigenvalue weighted by atomic mass is 9.19. The van der Waals surface area contributed by atoms with E-state index in [1.165, 1.54) is 36.8 Å². The van der Waals surface area contributed by atoms with E-state index in [-0.39, 0.29) is 0 Å². The molecule has 14 rings (SSSR count). The van der Waals surface area contributed by atoms with Gasteiger partial charge in [0.25, 0.3) is 0 Å². The highest BCUT2D eigenvalue weighted by atomic mass is 14.9. The molecule has 5 aromatic rings. The van der Waals surface area contributed by atoms with E-state index in [1.54, 1.807) is 11.1 Å². The van der Waals surface area contributed by atoms with Crippen LogP contribution in [0.25, 0.3) is 43.9 Å². The number of hydrogen-bond acceptors (Lipinski definition) is 4. The molecule has 2 aromatic carbocycles. The third-order valence-electron chi connectivity index (χ3n) is 17.0. The lowest BCUT2D eigenvalue weighted by molar-refractivity contribution is -0.374. The number of benzene rings is 2. The maximum absolute atomic E-state index is 5.38. The Kier molecular flexibility index (Phi) is 3.86. The molecule has 0 unspecified atom stereocenters. The zero-order valence-corrected chi connectivity index (χ0v) is 26.6. The third kappa shape index (κ3) is 2.20. The Bertz CT molecular complexity index is 2200. The summed E-state index contributed by atoms with van der Waals surface area (Å²) in [4.78, 5) is 20.2. The van der Waals surface area contributed by atoms with Crippen molar-refractivity contribution in [1.29, 1.82) is 0 Å². The van der Waals surface area contributed by atoms with E-state index in [4.69, 9.17) is 19.9 Å². The van der Waals surface area contributed by atoms with Crippen LogP contribution in [0.2, 0.25) is 0 Å². The van der Waals surface area contributed by atoms with Crippen LogP contribution in [-0.2, 0) is 0 Å². The Hall–Kier alpha value is -3.66. The number of pyridine rings is 2. The van der Waals surface area contributed by atoms with Crippen molar-refractivity contribution in [3.05, 3.63) is 84.2 Å². The van der Waals surface area contributed by atoms with Gasteiger partial charge >= 0.3 is 0 Å². The van der Waals surface area contributed by atoms with Crippen molar-refractivity contribution in [2.45, 2.75) is 51.4 Å². The molecule has 14 atom stereocenters. The SMILES string of the molecule is C=C1C(=C)[C@@H]2CC[C@H]1[C@H]1[C@H]3C[C@@H]([C@H]12)[C@H]1[C@@H]3[C@]2(C)[C@@H]3[C@@H]([C@@H]4C[C@H]3c3cc5nc6c7cccnc7c7ncccc7c6nc5cc34)[C@]12C.